The van der Waals surface area contributed by atoms with Gasteiger partial charge in [-0.2, -0.15) is 5.10 Å². The van der Waals surface area contributed by atoms with Crippen LogP contribution in [-0.4, -0.2) is 5.71 Å². The molecule has 114 valence electrons. The topological polar surface area (TPSA) is 24.4 Å². The molecular formula is C20H17ClN2. The van der Waals surface area contributed by atoms with Crippen LogP contribution in [-0.2, 0) is 0 Å². The maximum Gasteiger partial charge on any atom is 0.0977 e. The number of aryl methyl sites for hydroxylation is 1. The highest BCUT2D eigenvalue weighted by molar-refractivity contribution is 6.33. The molecule has 0 radical (unpaired) electrons. The third kappa shape index (κ3) is 3.79. The van der Waals surface area contributed by atoms with Gasteiger partial charge >= 0.3 is 0 Å². The van der Waals surface area contributed by atoms with E-state index in [0.29, 0.717) is 5.02 Å². The molecule has 3 aromatic carbocycles. The van der Waals surface area contributed by atoms with E-state index in [9.17, 15) is 0 Å². The van der Waals surface area contributed by atoms with Crippen molar-refractivity contribution in [3.8, 4) is 0 Å². The van der Waals surface area contributed by atoms with Crippen LogP contribution >= 0.6 is 11.6 Å². The van der Waals surface area contributed by atoms with Gasteiger partial charge in [-0.3, -0.25) is 5.43 Å². The van der Waals surface area contributed by atoms with Crippen LogP contribution in [0.3, 0.4) is 0 Å². The Labute approximate surface area is 141 Å². The van der Waals surface area contributed by atoms with Gasteiger partial charge in [-0.05, 0) is 24.6 Å². The van der Waals surface area contributed by atoms with E-state index in [-0.39, 0.29) is 0 Å². The molecule has 0 heterocycles. The molecule has 0 unspecified atom stereocenters. The molecule has 0 atom stereocenters. The van der Waals surface area contributed by atoms with E-state index in [4.69, 9.17) is 11.6 Å². The van der Waals surface area contributed by atoms with Crippen molar-refractivity contribution in [3.05, 3.63) is 101 Å². The average Bonchev–Trinajstić information content (AvgIpc) is 2.60. The number of rotatable bonds is 4. The Bertz CT molecular complexity index is 770. The van der Waals surface area contributed by atoms with Gasteiger partial charge in [-0.1, -0.05) is 78.3 Å². The maximum atomic E-state index is 6.24. The second kappa shape index (κ2) is 7.12. The summed E-state index contributed by atoms with van der Waals surface area (Å²) in [5, 5.41) is 5.27. The number of nitrogens with zero attached hydrogens (tertiary/aromatic N) is 1. The molecule has 3 heteroatoms. The molecule has 0 aromatic heterocycles. The first kappa shape index (κ1) is 15.3. The fraction of sp³-hybridized carbons (Fsp3) is 0.0500. The molecule has 3 rings (SSSR count). The Balaban J connectivity index is 2.00. The minimum absolute atomic E-state index is 0.653. The Morgan fingerprint density at radius 1 is 0.826 bits per heavy atom. The Morgan fingerprint density at radius 2 is 1.39 bits per heavy atom. The first-order valence-corrected chi connectivity index (χ1v) is 7.82. The van der Waals surface area contributed by atoms with Crippen molar-refractivity contribution in [2.45, 2.75) is 6.92 Å². The Hall–Kier alpha value is -2.58. The third-order valence-electron chi connectivity index (χ3n) is 3.50. The van der Waals surface area contributed by atoms with Gasteiger partial charge in [0, 0.05) is 11.1 Å². The second-order valence-corrected chi connectivity index (χ2v) is 5.69. The number of halogens is 1. The van der Waals surface area contributed by atoms with E-state index < -0.39 is 0 Å². The van der Waals surface area contributed by atoms with E-state index in [2.05, 4.69) is 10.5 Å². The Morgan fingerprint density at radius 3 is 1.96 bits per heavy atom. The molecule has 0 aliphatic carbocycles. The molecular weight excluding hydrogens is 304 g/mol. The highest BCUT2D eigenvalue weighted by Gasteiger charge is 2.07. The first-order valence-electron chi connectivity index (χ1n) is 7.45. The molecule has 0 bridgehead atoms. The second-order valence-electron chi connectivity index (χ2n) is 5.29. The predicted octanol–water partition coefficient (Wildman–Crippen LogP) is 5.51. The standard InChI is InChI=1S/C20H17ClN2/c1-15-12-13-18(21)19(14-15)22-23-20(16-8-4-2-5-9-16)17-10-6-3-7-11-17/h2-14,22H,1H3. The third-order valence-corrected chi connectivity index (χ3v) is 3.83. The average molecular weight is 321 g/mol. The van der Waals surface area contributed by atoms with E-state index in [1.807, 2.05) is 85.8 Å². The van der Waals surface area contributed by atoms with Crippen LogP contribution in [0.5, 0.6) is 0 Å². The van der Waals surface area contributed by atoms with Crippen LogP contribution in [0.25, 0.3) is 0 Å². The lowest BCUT2D eigenvalue weighted by Crippen LogP contribution is -2.06. The summed E-state index contributed by atoms with van der Waals surface area (Å²) in [5.41, 5.74) is 8.02. The molecule has 0 saturated heterocycles. The minimum Gasteiger partial charge on any atom is -0.276 e. The highest BCUT2D eigenvalue weighted by Crippen LogP contribution is 2.23. The molecule has 0 amide bonds. The molecule has 0 aliphatic heterocycles. The van der Waals surface area contributed by atoms with Crippen LogP contribution in [0.4, 0.5) is 5.69 Å². The molecule has 23 heavy (non-hydrogen) atoms. The van der Waals surface area contributed by atoms with Gasteiger partial charge < -0.3 is 0 Å². The monoisotopic (exact) mass is 320 g/mol. The summed E-state index contributed by atoms with van der Waals surface area (Å²) in [6, 6.07) is 26.1. The van der Waals surface area contributed by atoms with E-state index in [0.717, 1.165) is 28.1 Å². The summed E-state index contributed by atoms with van der Waals surface area (Å²) >= 11 is 6.24. The fourth-order valence-corrected chi connectivity index (χ4v) is 2.49. The predicted molar refractivity (Wildman–Crippen MR) is 98.3 cm³/mol. The van der Waals surface area contributed by atoms with Crippen molar-refractivity contribution >= 4 is 23.0 Å². The van der Waals surface area contributed by atoms with Crippen LogP contribution in [0.1, 0.15) is 16.7 Å². The van der Waals surface area contributed by atoms with E-state index in [1.54, 1.807) is 0 Å². The van der Waals surface area contributed by atoms with Gasteiger partial charge in [0.1, 0.15) is 0 Å². The number of anilines is 1. The summed E-state index contributed by atoms with van der Waals surface area (Å²) in [5.74, 6) is 0. The zero-order valence-corrected chi connectivity index (χ0v) is 13.6. The zero-order chi connectivity index (χ0) is 16.1. The summed E-state index contributed by atoms with van der Waals surface area (Å²) in [6.07, 6.45) is 0. The summed E-state index contributed by atoms with van der Waals surface area (Å²) in [4.78, 5) is 0. The molecule has 2 nitrogen and oxygen atoms in total. The van der Waals surface area contributed by atoms with Crippen LogP contribution in [0.2, 0.25) is 5.02 Å². The van der Waals surface area contributed by atoms with E-state index in [1.165, 1.54) is 0 Å². The van der Waals surface area contributed by atoms with Crippen molar-refractivity contribution in [2.75, 3.05) is 5.43 Å². The number of benzene rings is 3. The van der Waals surface area contributed by atoms with Crippen molar-refractivity contribution < 1.29 is 0 Å². The quantitative estimate of drug-likeness (QED) is 0.497. The lowest BCUT2D eigenvalue weighted by Gasteiger charge is -2.10. The fourth-order valence-electron chi connectivity index (χ4n) is 2.33. The van der Waals surface area contributed by atoms with E-state index >= 15 is 0 Å². The number of hydrazone groups is 1. The molecule has 0 aliphatic rings. The van der Waals surface area contributed by atoms with Gasteiger partial charge in [0.2, 0.25) is 0 Å². The number of nitrogens with one attached hydrogen (secondary N) is 1. The van der Waals surface area contributed by atoms with Gasteiger partial charge in [0.15, 0.2) is 0 Å². The Kier molecular flexibility index (Phi) is 4.74. The summed E-state index contributed by atoms with van der Waals surface area (Å²) in [7, 11) is 0. The lowest BCUT2D eigenvalue weighted by atomic mass is 10.0. The highest BCUT2D eigenvalue weighted by atomic mass is 35.5. The lowest BCUT2D eigenvalue weighted by molar-refractivity contribution is 1.31. The number of hydrogen-bond acceptors (Lipinski definition) is 2. The normalized spacial score (nSPS) is 10.2. The van der Waals surface area contributed by atoms with Gasteiger partial charge in [0.05, 0.1) is 16.4 Å². The van der Waals surface area contributed by atoms with Crippen LogP contribution in [0, 0.1) is 6.92 Å². The molecule has 0 saturated carbocycles. The van der Waals surface area contributed by atoms with Crippen molar-refractivity contribution in [3.63, 3.8) is 0 Å². The molecule has 0 spiro atoms. The van der Waals surface area contributed by atoms with Crippen molar-refractivity contribution in [1.29, 1.82) is 0 Å². The number of hydrogen-bond donors (Lipinski definition) is 1. The van der Waals surface area contributed by atoms with Gasteiger partial charge in [-0.15, -0.1) is 0 Å². The molecule has 0 fully saturated rings. The van der Waals surface area contributed by atoms with Crippen molar-refractivity contribution in [1.82, 2.24) is 0 Å². The van der Waals surface area contributed by atoms with Crippen LogP contribution in [0.15, 0.2) is 84.0 Å². The SMILES string of the molecule is Cc1ccc(Cl)c(NN=C(c2ccccc2)c2ccccc2)c1. The van der Waals surface area contributed by atoms with Gasteiger partial charge in [0.25, 0.3) is 0 Å². The largest absolute Gasteiger partial charge is 0.276 e. The molecule has 3 aromatic rings. The minimum atomic E-state index is 0.653. The van der Waals surface area contributed by atoms with Crippen LogP contribution < -0.4 is 5.43 Å². The first-order chi connectivity index (χ1) is 11.2. The summed E-state index contributed by atoms with van der Waals surface area (Å²) in [6.45, 7) is 2.03. The van der Waals surface area contributed by atoms with Crippen molar-refractivity contribution in [2.24, 2.45) is 5.10 Å². The molecule has 1 N–H and O–H groups in total. The zero-order valence-electron chi connectivity index (χ0n) is 12.8. The smallest absolute Gasteiger partial charge is 0.0977 e. The van der Waals surface area contributed by atoms with Gasteiger partial charge in [-0.25, -0.2) is 0 Å². The summed E-state index contributed by atoms with van der Waals surface area (Å²) < 4.78 is 0. The maximum absolute atomic E-state index is 6.24.